The number of nitrogens with zero attached hydrogens (tertiary/aromatic N) is 4. The highest BCUT2D eigenvalue weighted by Crippen LogP contribution is 2.61. The summed E-state index contributed by atoms with van der Waals surface area (Å²) in [4.78, 5) is 98.1. The molecule has 11 N–H and O–H groups in total. The van der Waals surface area contributed by atoms with Gasteiger partial charge in [-0.15, -0.1) is 0 Å². The molecule has 60 heavy (non-hydrogen) atoms. The molecule has 336 valence electrons. The first kappa shape index (κ1) is 50.9. The maximum atomic E-state index is 12.7. The first-order valence-electron chi connectivity index (χ1n) is 17.5. The van der Waals surface area contributed by atoms with Crippen LogP contribution in [0.4, 0.5) is 5.82 Å². The number of aliphatic hydroxyl groups is 2. The number of aliphatic carboxylic acids is 1. The number of hydrogen-bond acceptors (Lipinski definition) is 19. The Balaban J connectivity index is 1.42. The number of hydrogen-bond donors (Lipinski definition) is 10. The Morgan fingerprint density at radius 1 is 1.02 bits per heavy atom. The molecule has 1 aliphatic rings. The van der Waals surface area contributed by atoms with E-state index in [-0.39, 0.29) is 60.2 Å². The van der Waals surface area contributed by atoms with E-state index >= 15 is 0 Å². The van der Waals surface area contributed by atoms with Gasteiger partial charge in [0, 0.05) is 37.1 Å². The Labute approximate surface area is 345 Å². The van der Waals surface area contributed by atoms with Gasteiger partial charge in [0.2, 0.25) is 11.8 Å². The van der Waals surface area contributed by atoms with E-state index in [1.165, 1.54) is 19.9 Å². The molecule has 2 aromatic rings. The molecule has 7 atom stereocenters. The van der Waals surface area contributed by atoms with Crippen LogP contribution in [0, 0.1) is 5.41 Å². The second-order valence-corrected chi connectivity index (χ2v) is 18.7. The molecule has 2 amide bonds. The number of nitrogens with two attached hydrogens (primary N) is 1. The zero-order valence-electron chi connectivity index (χ0n) is 31.9. The molecule has 26 nitrogen and oxygen atoms in total. The van der Waals surface area contributed by atoms with Crippen LogP contribution in [0.1, 0.15) is 45.8 Å². The molecule has 0 aliphatic carbocycles. The van der Waals surface area contributed by atoms with Gasteiger partial charge in [-0.3, -0.25) is 37.3 Å². The number of carboxylic acids is 1. The van der Waals surface area contributed by atoms with Crippen LogP contribution in [0.2, 0.25) is 0 Å². The molecule has 0 spiro atoms. The second kappa shape index (κ2) is 22.6. The molecular weight excluding hydrogens is 887 g/mol. The van der Waals surface area contributed by atoms with Gasteiger partial charge in [0.05, 0.1) is 26.0 Å². The van der Waals surface area contributed by atoms with Gasteiger partial charge in [-0.25, -0.2) is 28.6 Å². The largest absolute Gasteiger partial charge is 0.481 e. The lowest BCUT2D eigenvalue weighted by Gasteiger charge is -2.30. The molecule has 7 unspecified atom stereocenters. The topological polar surface area (TPSA) is 401 Å². The Morgan fingerprint density at radius 3 is 2.38 bits per heavy atom. The number of carbonyl (C=O) groups is 4. The maximum Gasteiger partial charge on any atom is 0.481 e. The Morgan fingerprint density at radius 2 is 1.70 bits per heavy atom. The number of rotatable bonds is 25. The number of fused-ring (bicyclic) bond motifs is 1. The average Bonchev–Trinajstić information content (AvgIpc) is 3.70. The summed E-state index contributed by atoms with van der Waals surface area (Å²) < 4.78 is 62.1. The first-order valence-corrected chi connectivity index (χ1v) is 23.0. The number of imidazole rings is 1. The number of anilines is 1. The molecule has 3 rings (SSSR count). The molecule has 30 heteroatoms. The predicted octanol–water partition coefficient (Wildman–Crippen LogP) is 0.0320. The predicted molar refractivity (Wildman–Crippen MR) is 207 cm³/mol. The number of ether oxygens (including phenoxy) is 1. The van der Waals surface area contributed by atoms with Gasteiger partial charge in [-0.05, 0) is 6.42 Å². The minimum Gasteiger partial charge on any atom is -0.481 e. The monoisotopic (exact) mass is 933 g/mol. The zero-order chi connectivity index (χ0) is 44.9. The van der Waals surface area contributed by atoms with E-state index in [4.69, 9.17) is 24.6 Å². The van der Waals surface area contributed by atoms with Gasteiger partial charge in [0.15, 0.2) is 22.8 Å². The Bertz CT molecular complexity index is 2030. The fourth-order valence-corrected chi connectivity index (χ4v) is 8.51. The number of allylic oxidation sites excluding steroid dienone is 3. The maximum absolute atomic E-state index is 12.7. The molecule has 3 heterocycles. The highest BCUT2D eigenvalue weighted by molar-refractivity contribution is 8.13. The molecule has 0 radical (unpaired) electrons. The third-order valence-electron chi connectivity index (χ3n) is 7.96. The zero-order valence-corrected chi connectivity index (χ0v) is 35.4. The van der Waals surface area contributed by atoms with Crippen molar-refractivity contribution >= 4 is 75.1 Å². The standard InChI is InChI=1S/C30H46N7O19P3S/c1-30(2,25(43)28(44)33-11-10-19(38)32-12-13-60-21(41)9-7-5-3-4-6-8-20(39)40)15-53-59(50,51)56-58(48,49)52-14-18-24(55-57(45,46)47)23(42)29(54-18)37-17-36-22-26(31)34-16-35-27(22)37/h3-6,16-18,23-25,29,42-43H,7-15H2,1-2H3,(H,32,38)(H,33,44)(H,39,40)(H,48,49)(H,50,51)(H2,31,34,35)(H2,45,46,47)/b5-3+,6-4+. The number of amides is 2. The van der Waals surface area contributed by atoms with E-state index in [9.17, 15) is 62.7 Å². The lowest BCUT2D eigenvalue weighted by atomic mass is 9.87. The van der Waals surface area contributed by atoms with Crippen LogP contribution >= 0.6 is 35.2 Å². The summed E-state index contributed by atoms with van der Waals surface area (Å²) in [7, 11) is -16.4. The number of thioether (sulfide) groups is 1. The smallest absolute Gasteiger partial charge is 0.481 e. The van der Waals surface area contributed by atoms with Crippen LogP contribution in [0.25, 0.3) is 11.2 Å². The summed E-state index contributed by atoms with van der Waals surface area (Å²) in [5.74, 6) is -2.19. The van der Waals surface area contributed by atoms with Crippen molar-refractivity contribution in [2.45, 2.75) is 70.2 Å². The second-order valence-electron chi connectivity index (χ2n) is 13.3. The number of phosphoric ester groups is 3. The molecule has 1 saturated heterocycles. The first-order chi connectivity index (χ1) is 27.9. The number of aliphatic hydroxyl groups excluding tert-OH is 2. The minimum absolute atomic E-state index is 0.0217. The number of nitrogens with one attached hydrogen (secondary N) is 2. The summed E-state index contributed by atoms with van der Waals surface area (Å²) in [6.45, 7) is 0.342. The summed E-state index contributed by atoms with van der Waals surface area (Å²) >= 11 is 1.01. The Hall–Kier alpha value is -3.49. The summed E-state index contributed by atoms with van der Waals surface area (Å²) in [6, 6.07) is 0. The van der Waals surface area contributed by atoms with E-state index in [0.29, 0.717) is 6.42 Å². The number of carbonyl (C=O) groups excluding carboxylic acids is 3. The van der Waals surface area contributed by atoms with E-state index in [1.807, 2.05) is 0 Å². The van der Waals surface area contributed by atoms with E-state index in [0.717, 1.165) is 29.0 Å². The van der Waals surface area contributed by atoms with Crippen LogP contribution in [-0.4, -0.2) is 134 Å². The number of carboxylic acid groups (broad SMARTS) is 1. The summed E-state index contributed by atoms with van der Waals surface area (Å²) in [6.07, 6.45) is -0.0573. The highest BCUT2D eigenvalue weighted by Gasteiger charge is 2.50. The van der Waals surface area contributed by atoms with Crippen molar-refractivity contribution in [3.8, 4) is 0 Å². The molecular formula is C30H46N7O19P3S. The normalized spacial score (nSPS) is 21.2. The van der Waals surface area contributed by atoms with Gasteiger partial charge in [-0.2, -0.15) is 4.31 Å². The van der Waals surface area contributed by atoms with Gasteiger partial charge in [0.25, 0.3) is 0 Å². The third kappa shape index (κ3) is 16.8. The molecule has 1 aliphatic heterocycles. The summed E-state index contributed by atoms with van der Waals surface area (Å²) in [5, 5.41) is 34.8. The highest BCUT2D eigenvalue weighted by atomic mass is 32.2. The van der Waals surface area contributed by atoms with E-state index < -0.39 is 90.5 Å². The fraction of sp³-hybridized carbons (Fsp3) is 0.567. The minimum atomic E-state index is -5.59. The van der Waals surface area contributed by atoms with Crippen molar-refractivity contribution in [2.75, 3.05) is 37.8 Å². The van der Waals surface area contributed by atoms with Crippen LogP contribution in [-0.2, 0) is 55.5 Å². The van der Waals surface area contributed by atoms with Gasteiger partial charge in [-0.1, -0.05) is 49.9 Å². The molecule has 0 aromatic carbocycles. The van der Waals surface area contributed by atoms with Gasteiger partial charge >= 0.3 is 29.4 Å². The Kier molecular flexibility index (Phi) is 19.1. The van der Waals surface area contributed by atoms with Crippen LogP contribution < -0.4 is 16.4 Å². The van der Waals surface area contributed by atoms with Crippen molar-refractivity contribution < 1.29 is 90.4 Å². The van der Waals surface area contributed by atoms with Crippen molar-refractivity contribution in [3.05, 3.63) is 37.0 Å². The fourth-order valence-electron chi connectivity index (χ4n) is 4.99. The lowest BCUT2D eigenvalue weighted by molar-refractivity contribution is -0.137. The van der Waals surface area contributed by atoms with Crippen molar-refractivity contribution in [3.63, 3.8) is 0 Å². The third-order valence-corrected chi connectivity index (χ3v) is 12.0. The quantitative estimate of drug-likeness (QED) is 0.0357. The van der Waals surface area contributed by atoms with Crippen molar-refractivity contribution in [1.29, 1.82) is 0 Å². The summed E-state index contributed by atoms with van der Waals surface area (Å²) in [5.41, 5.74) is 4.22. The van der Waals surface area contributed by atoms with Crippen molar-refractivity contribution in [1.82, 2.24) is 30.2 Å². The number of nitrogen functional groups attached to an aromatic ring is 1. The van der Waals surface area contributed by atoms with Gasteiger partial charge < -0.3 is 56.0 Å². The molecule has 2 aromatic heterocycles. The van der Waals surface area contributed by atoms with Crippen LogP contribution in [0.15, 0.2) is 37.0 Å². The number of phosphoric acid groups is 3. The molecule has 0 saturated carbocycles. The van der Waals surface area contributed by atoms with E-state index in [1.54, 1.807) is 18.2 Å². The van der Waals surface area contributed by atoms with Gasteiger partial charge in [0.1, 0.15) is 36.3 Å². The lowest BCUT2D eigenvalue weighted by Crippen LogP contribution is -2.46. The molecule has 1 fully saturated rings. The van der Waals surface area contributed by atoms with Crippen molar-refractivity contribution in [2.24, 2.45) is 5.41 Å². The number of aromatic nitrogens is 4. The average molecular weight is 934 g/mol. The SMILES string of the molecule is CC(C)(COP(=O)(O)OP(=O)(O)OCC1OC(n2cnc3c(N)ncnc32)C(O)C1OP(=O)(O)O)C(O)C(=O)NCCC(=O)NCCSC(=O)CC/C=C/C=C/CC(=O)O. The molecule has 0 bridgehead atoms. The van der Waals surface area contributed by atoms with E-state index in [2.05, 4.69) is 34.4 Å². The van der Waals surface area contributed by atoms with Crippen LogP contribution in [0.3, 0.4) is 0 Å². The van der Waals surface area contributed by atoms with Crippen LogP contribution in [0.5, 0.6) is 0 Å².